The van der Waals surface area contributed by atoms with Gasteiger partial charge in [-0.05, 0) is 62.1 Å². The highest BCUT2D eigenvalue weighted by molar-refractivity contribution is 6.06. The highest BCUT2D eigenvalue weighted by Gasteiger charge is 2.29. The maximum atomic E-state index is 13.5. The Bertz CT molecular complexity index is 1210. The van der Waals surface area contributed by atoms with E-state index in [-0.39, 0.29) is 30.1 Å². The predicted octanol–water partition coefficient (Wildman–Crippen LogP) is 5.19. The first-order chi connectivity index (χ1) is 17.9. The predicted molar refractivity (Wildman–Crippen MR) is 144 cm³/mol. The minimum absolute atomic E-state index is 0.00128. The van der Waals surface area contributed by atoms with Crippen molar-refractivity contribution in [3.8, 4) is 0 Å². The van der Waals surface area contributed by atoms with Gasteiger partial charge in [-0.3, -0.25) is 14.4 Å². The summed E-state index contributed by atoms with van der Waals surface area (Å²) in [6.07, 6.45) is 1.80. The molecule has 3 aromatic carbocycles. The van der Waals surface area contributed by atoms with E-state index in [1.807, 2.05) is 85.8 Å². The molecule has 0 N–H and O–H groups in total. The second kappa shape index (κ2) is 12.3. The van der Waals surface area contributed by atoms with Gasteiger partial charge in [-0.2, -0.15) is 0 Å². The van der Waals surface area contributed by atoms with Gasteiger partial charge in [-0.15, -0.1) is 0 Å². The molecule has 0 bridgehead atoms. The van der Waals surface area contributed by atoms with Gasteiger partial charge in [0, 0.05) is 24.3 Å². The van der Waals surface area contributed by atoms with Crippen LogP contribution >= 0.6 is 0 Å². The average molecular weight is 499 g/mol. The smallest absolute Gasteiger partial charge is 0.310 e. The fourth-order valence-corrected chi connectivity index (χ4v) is 4.63. The van der Waals surface area contributed by atoms with Crippen LogP contribution in [0.1, 0.15) is 46.8 Å². The number of nitrogens with zero attached hydrogens (tertiary/aromatic N) is 2. The summed E-state index contributed by atoms with van der Waals surface area (Å²) >= 11 is 0. The van der Waals surface area contributed by atoms with Gasteiger partial charge in [0.05, 0.1) is 25.5 Å². The van der Waals surface area contributed by atoms with Crippen molar-refractivity contribution < 1.29 is 19.1 Å². The number of aryl methyl sites for hydroxylation is 1. The van der Waals surface area contributed by atoms with E-state index in [9.17, 15) is 14.4 Å². The van der Waals surface area contributed by atoms with Crippen LogP contribution < -0.4 is 4.90 Å². The third kappa shape index (κ3) is 6.85. The topological polar surface area (TPSA) is 66.9 Å². The van der Waals surface area contributed by atoms with Crippen molar-refractivity contribution in [2.24, 2.45) is 5.92 Å². The molecular formula is C31H34N2O4. The summed E-state index contributed by atoms with van der Waals surface area (Å²) in [5.74, 6) is -0.551. The fourth-order valence-electron chi connectivity index (χ4n) is 4.63. The van der Waals surface area contributed by atoms with Crippen LogP contribution in [0.2, 0.25) is 0 Å². The largest absolute Gasteiger partial charge is 0.466 e. The van der Waals surface area contributed by atoms with Crippen LogP contribution in [0.25, 0.3) is 0 Å². The molecule has 0 aromatic heterocycles. The summed E-state index contributed by atoms with van der Waals surface area (Å²) in [4.78, 5) is 42.1. The Labute approximate surface area is 218 Å². The molecule has 0 spiro atoms. The van der Waals surface area contributed by atoms with Crippen molar-refractivity contribution in [3.05, 3.63) is 101 Å². The molecule has 1 aliphatic rings. The highest BCUT2D eigenvalue weighted by atomic mass is 16.5. The summed E-state index contributed by atoms with van der Waals surface area (Å²) in [6, 6.07) is 25.1. The second-order valence-corrected chi connectivity index (χ2v) is 9.52. The Balaban J connectivity index is 1.48. The third-order valence-electron chi connectivity index (χ3n) is 6.72. The number of piperidine rings is 1. The van der Waals surface area contributed by atoms with E-state index in [1.165, 1.54) is 0 Å². The molecule has 1 heterocycles. The molecule has 3 aromatic rings. The third-order valence-corrected chi connectivity index (χ3v) is 6.72. The first-order valence-corrected chi connectivity index (χ1v) is 12.9. The van der Waals surface area contributed by atoms with E-state index >= 15 is 0 Å². The number of esters is 1. The Morgan fingerprint density at radius 2 is 1.62 bits per heavy atom. The number of likely N-dealkylation sites (tertiary alicyclic amines) is 1. The Morgan fingerprint density at radius 1 is 0.919 bits per heavy atom. The summed E-state index contributed by atoms with van der Waals surface area (Å²) in [6.45, 7) is 5.64. The van der Waals surface area contributed by atoms with Crippen molar-refractivity contribution >= 4 is 23.5 Å². The van der Waals surface area contributed by atoms with Crippen LogP contribution in [0.15, 0.2) is 78.9 Å². The van der Waals surface area contributed by atoms with E-state index in [1.54, 1.807) is 16.7 Å². The van der Waals surface area contributed by atoms with Crippen molar-refractivity contribution in [3.63, 3.8) is 0 Å². The Morgan fingerprint density at radius 3 is 2.30 bits per heavy atom. The molecule has 1 aliphatic heterocycles. The van der Waals surface area contributed by atoms with Gasteiger partial charge in [-0.25, -0.2) is 0 Å². The summed E-state index contributed by atoms with van der Waals surface area (Å²) < 4.78 is 5.15. The lowest BCUT2D eigenvalue weighted by Gasteiger charge is -2.31. The zero-order chi connectivity index (χ0) is 26.2. The van der Waals surface area contributed by atoms with Crippen LogP contribution in [-0.2, 0) is 27.3 Å². The van der Waals surface area contributed by atoms with Crippen LogP contribution in [0.4, 0.5) is 5.69 Å². The number of hydrogen-bond acceptors (Lipinski definition) is 4. The zero-order valence-electron chi connectivity index (χ0n) is 21.6. The molecule has 0 radical (unpaired) electrons. The molecule has 0 aliphatic carbocycles. The average Bonchev–Trinajstić information content (AvgIpc) is 2.93. The van der Waals surface area contributed by atoms with Crippen LogP contribution in [0.5, 0.6) is 0 Å². The quantitative estimate of drug-likeness (QED) is 0.401. The van der Waals surface area contributed by atoms with E-state index in [2.05, 4.69) is 0 Å². The van der Waals surface area contributed by atoms with Gasteiger partial charge in [0.1, 0.15) is 0 Å². The van der Waals surface area contributed by atoms with Crippen molar-refractivity contribution in [2.75, 3.05) is 24.6 Å². The first-order valence-electron chi connectivity index (χ1n) is 12.9. The SMILES string of the molecule is CCOC(=O)[C@H]1CCCN(C(=O)Cc2ccc(N(Cc3ccccc3)C(=O)c3ccc(C)cc3)cc2)C1. The lowest BCUT2D eigenvalue weighted by atomic mass is 9.97. The van der Waals surface area contributed by atoms with E-state index < -0.39 is 0 Å². The minimum atomic E-state index is -0.251. The molecule has 2 amide bonds. The number of benzene rings is 3. The standard InChI is InChI=1S/C31H34N2O4/c1-3-37-31(36)27-10-7-19-32(22-27)29(34)20-24-13-17-28(18-14-24)33(21-25-8-5-4-6-9-25)30(35)26-15-11-23(2)12-16-26/h4-6,8-9,11-18,27H,3,7,10,19-22H2,1-2H3/t27-/m0/s1. The molecule has 1 saturated heterocycles. The lowest BCUT2D eigenvalue weighted by molar-refractivity contribution is -0.151. The summed E-state index contributed by atoms with van der Waals surface area (Å²) in [5.41, 5.74) is 4.40. The van der Waals surface area contributed by atoms with Crippen molar-refractivity contribution in [1.82, 2.24) is 4.90 Å². The molecule has 0 unspecified atom stereocenters. The molecule has 6 nitrogen and oxygen atoms in total. The Kier molecular flexibility index (Phi) is 8.72. The van der Waals surface area contributed by atoms with Gasteiger partial charge < -0.3 is 14.5 Å². The molecule has 192 valence electrons. The highest BCUT2D eigenvalue weighted by Crippen LogP contribution is 2.23. The number of amides is 2. The number of rotatable bonds is 8. The van der Waals surface area contributed by atoms with Gasteiger partial charge in [0.2, 0.25) is 5.91 Å². The number of carbonyl (C=O) groups excluding carboxylic acids is 3. The molecule has 1 fully saturated rings. The second-order valence-electron chi connectivity index (χ2n) is 9.52. The van der Waals surface area contributed by atoms with Crippen molar-refractivity contribution in [2.45, 2.75) is 39.7 Å². The van der Waals surface area contributed by atoms with E-state index in [4.69, 9.17) is 4.74 Å². The fraction of sp³-hybridized carbons (Fsp3) is 0.323. The number of carbonyl (C=O) groups is 3. The first kappa shape index (κ1) is 26.1. The van der Waals surface area contributed by atoms with Gasteiger partial charge in [0.15, 0.2) is 0 Å². The van der Waals surface area contributed by atoms with Gasteiger partial charge in [-0.1, -0.05) is 60.2 Å². The maximum absolute atomic E-state index is 13.5. The summed E-state index contributed by atoms with van der Waals surface area (Å²) in [7, 11) is 0. The number of hydrogen-bond donors (Lipinski definition) is 0. The van der Waals surface area contributed by atoms with Crippen LogP contribution in [0, 0.1) is 12.8 Å². The molecule has 6 heteroatoms. The molecule has 37 heavy (non-hydrogen) atoms. The number of ether oxygens (including phenoxy) is 1. The molecular weight excluding hydrogens is 464 g/mol. The normalized spacial score (nSPS) is 15.2. The number of anilines is 1. The summed E-state index contributed by atoms with van der Waals surface area (Å²) in [5, 5.41) is 0. The molecule has 0 saturated carbocycles. The van der Waals surface area contributed by atoms with Gasteiger partial charge >= 0.3 is 5.97 Å². The molecule has 4 rings (SSSR count). The van der Waals surface area contributed by atoms with E-state index in [0.29, 0.717) is 31.8 Å². The van der Waals surface area contributed by atoms with E-state index in [0.717, 1.165) is 35.2 Å². The minimum Gasteiger partial charge on any atom is -0.466 e. The Hall–Kier alpha value is -3.93. The lowest BCUT2D eigenvalue weighted by Crippen LogP contribution is -2.43. The van der Waals surface area contributed by atoms with Crippen LogP contribution in [-0.4, -0.2) is 42.4 Å². The van der Waals surface area contributed by atoms with Crippen LogP contribution in [0.3, 0.4) is 0 Å². The monoisotopic (exact) mass is 498 g/mol. The zero-order valence-corrected chi connectivity index (χ0v) is 21.6. The van der Waals surface area contributed by atoms with Gasteiger partial charge in [0.25, 0.3) is 5.91 Å². The molecule has 1 atom stereocenters. The maximum Gasteiger partial charge on any atom is 0.310 e. The van der Waals surface area contributed by atoms with Crippen molar-refractivity contribution in [1.29, 1.82) is 0 Å².